The van der Waals surface area contributed by atoms with E-state index in [0.717, 1.165) is 16.0 Å². The molecule has 22 heavy (non-hydrogen) atoms. The number of anilines is 1. The summed E-state index contributed by atoms with van der Waals surface area (Å²) >= 11 is 2.77. The predicted molar refractivity (Wildman–Crippen MR) is 86.4 cm³/mol. The highest BCUT2D eigenvalue weighted by Crippen LogP contribution is 2.41. The van der Waals surface area contributed by atoms with E-state index in [1.54, 1.807) is 0 Å². The summed E-state index contributed by atoms with van der Waals surface area (Å²) in [5, 5.41) is 21.2. The lowest BCUT2D eigenvalue weighted by Crippen LogP contribution is -2.15. The van der Waals surface area contributed by atoms with Gasteiger partial charge in [0, 0.05) is 12.0 Å². The second-order valence-corrected chi connectivity index (χ2v) is 7.67. The molecule has 0 atom stereocenters. The van der Waals surface area contributed by atoms with E-state index in [1.165, 1.54) is 35.9 Å². The quantitative estimate of drug-likeness (QED) is 0.815. The Morgan fingerprint density at radius 2 is 2.14 bits per heavy atom. The van der Waals surface area contributed by atoms with Gasteiger partial charge in [-0.1, -0.05) is 23.1 Å². The number of aryl methyl sites for hydroxylation is 1. The number of rotatable bonds is 6. The fourth-order valence-electron chi connectivity index (χ4n) is 2.12. The Labute approximate surface area is 136 Å². The lowest BCUT2D eigenvalue weighted by Gasteiger charge is -2.13. The van der Waals surface area contributed by atoms with Crippen LogP contribution in [0.4, 0.5) is 5.13 Å². The van der Waals surface area contributed by atoms with Crippen LogP contribution in [-0.4, -0.2) is 36.6 Å². The molecule has 9 heteroatoms. The van der Waals surface area contributed by atoms with Crippen LogP contribution in [0.5, 0.6) is 0 Å². The van der Waals surface area contributed by atoms with Crippen molar-refractivity contribution in [1.29, 1.82) is 0 Å². The molecule has 2 heterocycles. The van der Waals surface area contributed by atoms with Crippen LogP contribution < -0.4 is 5.32 Å². The van der Waals surface area contributed by atoms with Crippen LogP contribution in [-0.2, 0) is 4.79 Å². The fraction of sp³-hybridized carbons (Fsp3) is 0.615. The number of thioether (sulfide) groups is 1. The van der Waals surface area contributed by atoms with Gasteiger partial charge in [0.25, 0.3) is 0 Å². The van der Waals surface area contributed by atoms with Crippen LogP contribution in [0.1, 0.15) is 49.5 Å². The third-order valence-electron chi connectivity index (χ3n) is 3.25. The molecular weight excluding hydrogens is 320 g/mol. The third-order valence-corrected chi connectivity index (χ3v) is 4.95. The molecule has 0 aliphatic heterocycles. The first kappa shape index (κ1) is 15.4. The molecule has 0 unspecified atom stereocenters. The van der Waals surface area contributed by atoms with Crippen molar-refractivity contribution in [2.75, 3.05) is 11.1 Å². The molecule has 0 aromatic carbocycles. The van der Waals surface area contributed by atoms with Gasteiger partial charge >= 0.3 is 0 Å². The highest BCUT2D eigenvalue weighted by molar-refractivity contribution is 7.99. The van der Waals surface area contributed by atoms with Crippen molar-refractivity contribution in [3.63, 3.8) is 0 Å². The second kappa shape index (κ2) is 6.33. The number of carbonyl (C=O) groups excluding carboxylic acids is 1. The van der Waals surface area contributed by atoms with Gasteiger partial charge in [-0.15, -0.1) is 20.4 Å². The zero-order valence-electron chi connectivity index (χ0n) is 12.7. The molecule has 0 bridgehead atoms. The molecule has 0 saturated heterocycles. The normalized spacial score (nSPS) is 14.5. The number of amides is 1. The van der Waals surface area contributed by atoms with Gasteiger partial charge in [-0.3, -0.25) is 10.1 Å². The molecule has 2 aromatic rings. The number of nitrogens with zero attached hydrogens (tertiary/aromatic N) is 5. The van der Waals surface area contributed by atoms with E-state index in [9.17, 15) is 4.79 Å². The molecule has 2 aromatic heterocycles. The van der Waals surface area contributed by atoms with Crippen molar-refractivity contribution >= 4 is 34.1 Å². The highest BCUT2D eigenvalue weighted by Gasteiger charge is 2.31. The minimum Gasteiger partial charge on any atom is -0.303 e. The van der Waals surface area contributed by atoms with Crippen molar-refractivity contribution in [2.45, 2.75) is 50.7 Å². The Balaban J connectivity index is 1.62. The largest absolute Gasteiger partial charge is 0.303 e. The van der Waals surface area contributed by atoms with E-state index < -0.39 is 0 Å². The smallest absolute Gasteiger partial charge is 0.236 e. The predicted octanol–water partition coefficient (Wildman–Crippen LogP) is 2.63. The summed E-state index contributed by atoms with van der Waals surface area (Å²) in [5.74, 6) is 1.78. The van der Waals surface area contributed by atoms with Gasteiger partial charge in [0.1, 0.15) is 10.8 Å². The molecule has 0 spiro atoms. The van der Waals surface area contributed by atoms with Gasteiger partial charge < -0.3 is 4.57 Å². The molecule has 0 radical (unpaired) electrons. The van der Waals surface area contributed by atoms with Gasteiger partial charge in [-0.25, -0.2) is 0 Å². The maximum atomic E-state index is 12.0. The summed E-state index contributed by atoms with van der Waals surface area (Å²) < 4.78 is 2.14. The summed E-state index contributed by atoms with van der Waals surface area (Å²) in [6.45, 7) is 6.08. The number of aromatic nitrogens is 5. The van der Waals surface area contributed by atoms with Crippen molar-refractivity contribution in [3.05, 3.63) is 10.8 Å². The Bertz CT molecular complexity index is 676. The van der Waals surface area contributed by atoms with Crippen LogP contribution in [0, 0.1) is 6.92 Å². The molecule has 3 rings (SSSR count). The van der Waals surface area contributed by atoms with Crippen molar-refractivity contribution in [2.24, 2.45) is 0 Å². The maximum absolute atomic E-state index is 12.0. The second-order valence-electron chi connectivity index (χ2n) is 5.54. The first-order valence-corrected chi connectivity index (χ1v) is 9.02. The highest BCUT2D eigenvalue weighted by atomic mass is 32.2. The van der Waals surface area contributed by atoms with Crippen LogP contribution in [0.3, 0.4) is 0 Å². The molecule has 1 N–H and O–H groups in total. The van der Waals surface area contributed by atoms with Gasteiger partial charge in [0.15, 0.2) is 5.16 Å². The molecule has 1 aliphatic rings. The standard InChI is InChI=1S/C13H18N6OS2/c1-7(2)19-11(9-4-5-9)16-18-13(19)21-6-10(20)14-12-17-15-8(3)22-12/h7,9H,4-6H2,1-3H3,(H,14,17,20). The molecule has 7 nitrogen and oxygen atoms in total. The average Bonchev–Trinajstić information content (AvgIpc) is 3.09. The van der Waals surface area contributed by atoms with E-state index in [0.29, 0.717) is 17.1 Å². The Morgan fingerprint density at radius 1 is 1.36 bits per heavy atom. The molecule has 1 fully saturated rings. The van der Waals surface area contributed by atoms with Crippen molar-refractivity contribution < 1.29 is 4.79 Å². The lowest BCUT2D eigenvalue weighted by molar-refractivity contribution is -0.113. The lowest BCUT2D eigenvalue weighted by atomic mass is 10.3. The molecule has 1 amide bonds. The van der Waals surface area contributed by atoms with Gasteiger partial charge in [0.2, 0.25) is 11.0 Å². The fourth-order valence-corrected chi connectivity index (χ4v) is 3.61. The van der Waals surface area contributed by atoms with Crippen molar-refractivity contribution in [3.8, 4) is 0 Å². The summed E-state index contributed by atoms with van der Waals surface area (Å²) in [5.41, 5.74) is 0. The van der Waals surface area contributed by atoms with E-state index >= 15 is 0 Å². The summed E-state index contributed by atoms with van der Waals surface area (Å²) in [7, 11) is 0. The van der Waals surface area contributed by atoms with Crippen LogP contribution in [0.25, 0.3) is 0 Å². The third kappa shape index (κ3) is 3.46. The topological polar surface area (TPSA) is 85.6 Å². The van der Waals surface area contributed by atoms with Crippen LogP contribution in [0.15, 0.2) is 5.16 Å². The van der Waals surface area contributed by atoms with Crippen LogP contribution in [0.2, 0.25) is 0 Å². The molecular formula is C13H18N6OS2. The van der Waals surface area contributed by atoms with E-state index in [2.05, 4.69) is 44.1 Å². The Kier molecular flexibility index (Phi) is 4.44. The average molecular weight is 338 g/mol. The summed E-state index contributed by atoms with van der Waals surface area (Å²) in [6, 6.07) is 0.293. The SMILES string of the molecule is Cc1nnc(NC(=O)CSc2nnc(C3CC3)n2C(C)C)s1. The van der Waals surface area contributed by atoms with Gasteiger partial charge in [0.05, 0.1) is 5.75 Å². The summed E-state index contributed by atoms with van der Waals surface area (Å²) in [6.07, 6.45) is 2.37. The maximum Gasteiger partial charge on any atom is 0.236 e. The van der Waals surface area contributed by atoms with E-state index in [1.807, 2.05) is 6.92 Å². The Morgan fingerprint density at radius 3 is 2.73 bits per heavy atom. The zero-order chi connectivity index (χ0) is 15.7. The van der Waals surface area contributed by atoms with E-state index in [4.69, 9.17) is 0 Å². The minimum atomic E-state index is -0.104. The van der Waals surface area contributed by atoms with Crippen LogP contribution >= 0.6 is 23.1 Å². The van der Waals surface area contributed by atoms with Gasteiger partial charge in [-0.05, 0) is 33.6 Å². The molecule has 1 aliphatic carbocycles. The minimum absolute atomic E-state index is 0.104. The molecule has 118 valence electrons. The monoisotopic (exact) mass is 338 g/mol. The van der Waals surface area contributed by atoms with E-state index in [-0.39, 0.29) is 11.7 Å². The number of hydrogen-bond acceptors (Lipinski definition) is 7. The number of hydrogen-bond donors (Lipinski definition) is 1. The number of carbonyl (C=O) groups is 1. The first-order chi connectivity index (χ1) is 10.5. The number of nitrogens with one attached hydrogen (secondary N) is 1. The molecule has 1 saturated carbocycles. The van der Waals surface area contributed by atoms with Crippen molar-refractivity contribution in [1.82, 2.24) is 25.0 Å². The Hall–Kier alpha value is -1.48. The van der Waals surface area contributed by atoms with Gasteiger partial charge in [-0.2, -0.15) is 0 Å². The summed E-state index contributed by atoms with van der Waals surface area (Å²) in [4.78, 5) is 12.0. The first-order valence-electron chi connectivity index (χ1n) is 7.22. The zero-order valence-corrected chi connectivity index (χ0v) is 14.4.